The van der Waals surface area contributed by atoms with Crippen molar-refractivity contribution in [1.82, 2.24) is 0 Å². The molecule has 0 spiro atoms. The molecule has 0 heterocycles. The average molecular weight is 244 g/mol. The third kappa shape index (κ3) is 2.65. The molecule has 17 heavy (non-hydrogen) atoms. The van der Waals surface area contributed by atoms with Crippen LogP contribution in [0.5, 0.6) is 0 Å². The van der Waals surface area contributed by atoms with E-state index in [-0.39, 0.29) is 0 Å². The third-order valence-electron chi connectivity index (χ3n) is 2.52. The molecule has 0 aromatic heterocycles. The Morgan fingerprint density at radius 3 is 2.41 bits per heavy atom. The molecule has 2 aromatic rings. The summed E-state index contributed by atoms with van der Waals surface area (Å²) in [4.78, 5) is 0. The zero-order valence-corrected chi connectivity index (χ0v) is 9.72. The first-order valence-corrected chi connectivity index (χ1v) is 5.52. The Balaban J connectivity index is 2.33. The van der Waals surface area contributed by atoms with Crippen LogP contribution in [0.15, 0.2) is 48.5 Å². The van der Waals surface area contributed by atoms with E-state index in [1.807, 2.05) is 0 Å². The van der Waals surface area contributed by atoms with Gasteiger partial charge in [-0.25, -0.2) is 0 Å². The van der Waals surface area contributed by atoms with Gasteiger partial charge in [0, 0.05) is 5.02 Å². The number of hydrogen-bond donors (Lipinski definition) is 1. The number of rotatable bonds is 2. The number of aliphatic hydroxyl groups excluding tert-OH is 1. The topological polar surface area (TPSA) is 44.0 Å². The lowest BCUT2D eigenvalue weighted by atomic mass is 10.0. The van der Waals surface area contributed by atoms with Crippen molar-refractivity contribution < 1.29 is 5.11 Å². The third-order valence-corrected chi connectivity index (χ3v) is 2.77. The summed E-state index contributed by atoms with van der Waals surface area (Å²) in [5, 5.41) is 19.6. The van der Waals surface area contributed by atoms with Crippen LogP contribution in [-0.4, -0.2) is 5.11 Å². The summed E-state index contributed by atoms with van der Waals surface area (Å²) < 4.78 is 0. The molecule has 0 aliphatic heterocycles. The summed E-state index contributed by atoms with van der Waals surface area (Å²) in [6.45, 7) is 0. The zero-order chi connectivity index (χ0) is 12.3. The Hall–Kier alpha value is -1.82. The standard InChI is InChI=1S/C14H10ClNO/c15-13-6-4-11(5-7-13)14(17)12-3-1-2-10(8-12)9-16/h1-8,14,17H. The minimum Gasteiger partial charge on any atom is -0.384 e. The number of benzene rings is 2. The molecule has 2 nitrogen and oxygen atoms in total. The van der Waals surface area contributed by atoms with Crippen LogP contribution >= 0.6 is 11.6 Å². The van der Waals surface area contributed by atoms with Crippen LogP contribution in [0.4, 0.5) is 0 Å². The second-order valence-electron chi connectivity index (χ2n) is 3.69. The lowest BCUT2D eigenvalue weighted by Gasteiger charge is -2.11. The molecular formula is C14H10ClNO. The highest BCUT2D eigenvalue weighted by Crippen LogP contribution is 2.23. The van der Waals surface area contributed by atoms with E-state index in [1.165, 1.54) is 0 Å². The van der Waals surface area contributed by atoms with E-state index in [4.69, 9.17) is 16.9 Å². The molecule has 0 aliphatic rings. The van der Waals surface area contributed by atoms with Crippen molar-refractivity contribution in [2.45, 2.75) is 6.10 Å². The van der Waals surface area contributed by atoms with E-state index < -0.39 is 6.10 Å². The first kappa shape index (κ1) is 11.7. The molecule has 1 N–H and O–H groups in total. The van der Waals surface area contributed by atoms with Gasteiger partial charge in [0.15, 0.2) is 0 Å². The van der Waals surface area contributed by atoms with Crippen molar-refractivity contribution in [3.63, 3.8) is 0 Å². The first-order chi connectivity index (χ1) is 8.20. The van der Waals surface area contributed by atoms with Crippen LogP contribution in [0.3, 0.4) is 0 Å². The molecule has 1 unspecified atom stereocenters. The maximum Gasteiger partial charge on any atom is 0.104 e. The van der Waals surface area contributed by atoms with E-state index in [2.05, 4.69) is 6.07 Å². The van der Waals surface area contributed by atoms with Crippen LogP contribution in [-0.2, 0) is 0 Å². The quantitative estimate of drug-likeness (QED) is 0.880. The number of halogens is 1. The van der Waals surface area contributed by atoms with Crippen LogP contribution in [0.1, 0.15) is 22.8 Å². The van der Waals surface area contributed by atoms with Gasteiger partial charge in [-0.3, -0.25) is 0 Å². The second kappa shape index (κ2) is 5.01. The molecule has 0 aliphatic carbocycles. The van der Waals surface area contributed by atoms with E-state index in [9.17, 15) is 5.11 Å². The van der Waals surface area contributed by atoms with Gasteiger partial charge in [-0.1, -0.05) is 35.9 Å². The van der Waals surface area contributed by atoms with Gasteiger partial charge >= 0.3 is 0 Å². The summed E-state index contributed by atoms with van der Waals surface area (Å²) in [5.41, 5.74) is 1.99. The second-order valence-corrected chi connectivity index (χ2v) is 4.13. The molecule has 0 amide bonds. The Kier molecular flexibility index (Phi) is 3.43. The van der Waals surface area contributed by atoms with Crippen molar-refractivity contribution in [1.29, 1.82) is 5.26 Å². The number of aliphatic hydroxyl groups is 1. The van der Waals surface area contributed by atoms with Gasteiger partial charge in [0.05, 0.1) is 11.6 Å². The largest absolute Gasteiger partial charge is 0.384 e. The predicted octanol–water partition coefficient (Wildman–Crippen LogP) is 3.29. The minimum atomic E-state index is -0.736. The molecule has 0 bridgehead atoms. The Morgan fingerprint density at radius 1 is 1.06 bits per heavy atom. The number of nitrogens with zero attached hydrogens (tertiary/aromatic N) is 1. The van der Waals surface area contributed by atoms with Gasteiger partial charge in [0.2, 0.25) is 0 Å². The maximum atomic E-state index is 10.2. The summed E-state index contributed by atoms with van der Waals surface area (Å²) in [6, 6.07) is 16.0. The average Bonchev–Trinajstić information content (AvgIpc) is 2.39. The summed E-state index contributed by atoms with van der Waals surface area (Å²) in [7, 11) is 0. The molecule has 2 aromatic carbocycles. The van der Waals surface area contributed by atoms with E-state index in [0.29, 0.717) is 16.1 Å². The number of hydrogen-bond acceptors (Lipinski definition) is 2. The molecule has 0 saturated carbocycles. The normalized spacial score (nSPS) is 11.8. The minimum absolute atomic E-state index is 0.538. The van der Waals surface area contributed by atoms with Gasteiger partial charge in [-0.05, 0) is 35.4 Å². The van der Waals surface area contributed by atoms with Gasteiger partial charge < -0.3 is 5.11 Å². The Bertz CT molecular complexity index is 557. The smallest absolute Gasteiger partial charge is 0.104 e. The monoisotopic (exact) mass is 243 g/mol. The van der Waals surface area contributed by atoms with Gasteiger partial charge in [0.1, 0.15) is 6.10 Å². The molecule has 1 atom stereocenters. The molecule has 0 fully saturated rings. The summed E-state index contributed by atoms with van der Waals surface area (Å²) in [5.74, 6) is 0. The Morgan fingerprint density at radius 2 is 1.76 bits per heavy atom. The molecule has 84 valence electrons. The van der Waals surface area contributed by atoms with Gasteiger partial charge in [-0.15, -0.1) is 0 Å². The first-order valence-electron chi connectivity index (χ1n) is 5.14. The lowest BCUT2D eigenvalue weighted by molar-refractivity contribution is 0.220. The highest BCUT2D eigenvalue weighted by molar-refractivity contribution is 6.30. The maximum absolute atomic E-state index is 10.2. The van der Waals surface area contributed by atoms with Crippen molar-refractivity contribution >= 4 is 11.6 Å². The highest BCUT2D eigenvalue weighted by atomic mass is 35.5. The van der Waals surface area contributed by atoms with Crippen molar-refractivity contribution in [2.24, 2.45) is 0 Å². The fraction of sp³-hybridized carbons (Fsp3) is 0.0714. The molecule has 3 heteroatoms. The molecular weight excluding hydrogens is 234 g/mol. The fourth-order valence-corrected chi connectivity index (χ4v) is 1.74. The lowest BCUT2D eigenvalue weighted by Crippen LogP contribution is -1.99. The molecule has 0 radical (unpaired) electrons. The van der Waals surface area contributed by atoms with E-state index in [0.717, 1.165) is 5.56 Å². The fourth-order valence-electron chi connectivity index (χ4n) is 1.62. The van der Waals surface area contributed by atoms with E-state index >= 15 is 0 Å². The summed E-state index contributed by atoms with van der Waals surface area (Å²) in [6.07, 6.45) is -0.736. The van der Waals surface area contributed by atoms with Crippen molar-refractivity contribution in [3.8, 4) is 6.07 Å². The molecule has 2 rings (SSSR count). The van der Waals surface area contributed by atoms with Crippen molar-refractivity contribution in [3.05, 3.63) is 70.2 Å². The predicted molar refractivity (Wildman–Crippen MR) is 66.7 cm³/mol. The van der Waals surface area contributed by atoms with Crippen molar-refractivity contribution in [2.75, 3.05) is 0 Å². The Labute approximate surface area is 105 Å². The van der Waals surface area contributed by atoms with Gasteiger partial charge in [0.25, 0.3) is 0 Å². The number of nitriles is 1. The summed E-state index contributed by atoms with van der Waals surface area (Å²) >= 11 is 5.79. The van der Waals surface area contributed by atoms with E-state index in [1.54, 1.807) is 48.5 Å². The highest BCUT2D eigenvalue weighted by Gasteiger charge is 2.10. The van der Waals surface area contributed by atoms with Crippen LogP contribution in [0, 0.1) is 11.3 Å². The van der Waals surface area contributed by atoms with Crippen LogP contribution in [0.2, 0.25) is 5.02 Å². The van der Waals surface area contributed by atoms with Crippen LogP contribution in [0.25, 0.3) is 0 Å². The molecule has 0 saturated heterocycles. The zero-order valence-electron chi connectivity index (χ0n) is 8.97. The van der Waals surface area contributed by atoms with Crippen LogP contribution < -0.4 is 0 Å². The van der Waals surface area contributed by atoms with Gasteiger partial charge in [-0.2, -0.15) is 5.26 Å². The SMILES string of the molecule is N#Cc1cccc(C(O)c2ccc(Cl)cc2)c1.